The predicted molar refractivity (Wildman–Crippen MR) is 155 cm³/mol. The number of ether oxygens (including phenoxy) is 1. The molecule has 37 heavy (non-hydrogen) atoms. The number of para-hydroxylation sites is 1. The molecule has 0 saturated carbocycles. The molecule has 3 aromatic carbocycles. The molecule has 1 saturated heterocycles. The zero-order valence-corrected chi connectivity index (χ0v) is 22.5. The van der Waals surface area contributed by atoms with Crippen LogP contribution in [0.4, 0.5) is 0 Å². The first-order valence-electron chi connectivity index (χ1n) is 11.9. The summed E-state index contributed by atoms with van der Waals surface area (Å²) in [5.74, 6) is 0.525. The van der Waals surface area contributed by atoms with E-state index in [-0.39, 0.29) is 5.91 Å². The maximum atomic E-state index is 13.3. The number of benzene rings is 3. The molecule has 5 rings (SSSR count). The van der Waals surface area contributed by atoms with E-state index in [9.17, 15) is 4.79 Å². The van der Waals surface area contributed by atoms with Crippen molar-refractivity contribution in [1.29, 1.82) is 0 Å². The van der Waals surface area contributed by atoms with Crippen LogP contribution in [-0.2, 0) is 11.3 Å². The molecule has 0 N–H and O–H groups in total. The van der Waals surface area contributed by atoms with E-state index in [0.29, 0.717) is 38.8 Å². The van der Waals surface area contributed by atoms with E-state index in [0.717, 1.165) is 28.8 Å². The number of halogens is 1. The SMILES string of the molecule is CCCOc1ccc(-c2nn(-c3ccccc3)cc2C=C2SC(=S)N(Cc3ccccc3)C2=O)cc1Cl. The number of carbonyl (C=O) groups excluding carboxylic acids is 1. The Bertz CT molecular complexity index is 1470. The summed E-state index contributed by atoms with van der Waals surface area (Å²) in [6.45, 7) is 3.08. The molecule has 1 aliphatic heterocycles. The summed E-state index contributed by atoms with van der Waals surface area (Å²) in [5.41, 5.74) is 4.27. The molecule has 2 heterocycles. The molecule has 8 heteroatoms. The molecule has 0 unspecified atom stereocenters. The Morgan fingerprint density at radius 1 is 1.05 bits per heavy atom. The van der Waals surface area contributed by atoms with Crippen LogP contribution < -0.4 is 4.74 Å². The molecular formula is C29H24ClN3O2S2. The predicted octanol–water partition coefficient (Wildman–Crippen LogP) is 7.38. The summed E-state index contributed by atoms with van der Waals surface area (Å²) in [5, 5.41) is 5.38. The van der Waals surface area contributed by atoms with Crippen LogP contribution in [0.2, 0.25) is 5.02 Å². The van der Waals surface area contributed by atoms with Crippen molar-refractivity contribution in [3.05, 3.63) is 106 Å². The van der Waals surface area contributed by atoms with Crippen molar-refractivity contribution in [3.63, 3.8) is 0 Å². The number of rotatable bonds is 8. The van der Waals surface area contributed by atoms with Gasteiger partial charge in [-0.15, -0.1) is 0 Å². The second kappa shape index (κ2) is 11.3. The van der Waals surface area contributed by atoms with E-state index in [2.05, 4.69) is 0 Å². The fourth-order valence-corrected chi connectivity index (χ4v) is 5.43. The Labute approximate surface area is 230 Å². The van der Waals surface area contributed by atoms with Crippen molar-refractivity contribution in [1.82, 2.24) is 14.7 Å². The highest BCUT2D eigenvalue weighted by Crippen LogP contribution is 2.37. The molecule has 0 bridgehead atoms. The van der Waals surface area contributed by atoms with Crippen LogP contribution >= 0.6 is 35.6 Å². The van der Waals surface area contributed by atoms with Gasteiger partial charge in [-0.05, 0) is 48.4 Å². The number of carbonyl (C=O) groups is 1. The average molecular weight is 546 g/mol. The Balaban J connectivity index is 1.52. The summed E-state index contributed by atoms with van der Waals surface area (Å²) in [7, 11) is 0. The number of amides is 1. The third kappa shape index (κ3) is 5.64. The first-order valence-corrected chi connectivity index (χ1v) is 13.5. The van der Waals surface area contributed by atoms with Gasteiger partial charge in [-0.3, -0.25) is 9.69 Å². The summed E-state index contributed by atoms with van der Waals surface area (Å²) in [4.78, 5) is 15.5. The molecule has 1 amide bonds. The van der Waals surface area contributed by atoms with E-state index in [1.54, 1.807) is 9.58 Å². The molecule has 4 aromatic rings. The van der Waals surface area contributed by atoms with E-state index in [1.165, 1.54) is 11.8 Å². The first-order chi connectivity index (χ1) is 18.0. The van der Waals surface area contributed by atoms with Gasteiger partial charge in [0.1, 0.15) is 15.8 Å². The molecule has 186 valence electrons. The molecule has 1 fully saturated rings. The van der Waals surface area contributed by atoms with Crippen LogP contribution in [0.5, 0.6) is 5.75 Å². The molecule has 0 aliphatic carbocycles. The zero-order valence-electron chi connectivity index (χ0n) is 20.1. The lowest BCUT2D eigenvalue weighted by molar-refractivity contribution is -0.122. The monoisotopic (exact) mass is 545 g/mol. The van der Waals surface area contributed by atoms with E-state index < -0.39 is 0 Å². The van der Waals surface area contributed by atoms with Gasteiger partial charge in [0.25, 0.3) is 5.91 Å². The van der Waals surface area contributed by atoms with Crippen LogP contribution in [0.25, 0.3) is 23.0 Å². The Morgan fingerprint density at radius 2 is 1.78 bits per heavy atom. The highest BCUT2D eigenvalue weighted by atomic mass is 35.5. The third-order valence-corrected chi connectivity index (χ3v) is 7.45. The van der Waals surface area contributed by atoms with Gasteiger partial charge in [0.2, 0.25) is 0 Å². The Hall–Kier alpha value is -3.39. The second-order valence-electron chi connectivity index (χ2n) is 8.46. The first kappa shape index (κ1) is 25.3. The minimum absolute atomic E-state index is 0.112. The highest BCUT2D eigenvalue weighted by molar-refractivity contribution is 8.26. The average Bonchev–Trinajstić information content (AvgIpc) is 3.45. The molecule has 1 aromatic heterocycles. The minimum atomic E-state index is -0.112. The van der Waals surface area contributed by atoms with Gasteiger partial charge in [-0.1, -0.05) is 91.0 Å². The maximum Gasteiger partial charge on any atom is 0.266 e. The summed E-state index contributed by atoms with van der Waals surface area (Å²) in [6, 6.07) is 25.3. The van der Waals surface area contributed by atoms with Crippen molar-refractivity contribution < 1.29 is 9.53 Å². The number of nitrogens with zero attached hydrogens (tertiary/aromatic N) is 3. The van der Waals surface area contributed by atoms with Crippen molar-refractivity contribution in [3.8, 4) is 22.7 Å². The van der Waals surface area contributed by atoms with E-state index >= 15 is 0 Å². The van der Waals surface area contributed by atoms with Gasteiger partial charge in [0, 0.05) is 17.3 Å². The van der Waals surface area contributed by atoms with Crippen molar-refractivity contribution in [2.45, 2.75) is 19.9 Å². The van der Waals surface area contributed by atoms with Crippen LogP contribution in [-0.4, -0.2) is 31.5 Å². The molecular weight excluding hydrogens is 522 g/mol. The van der Waals surface area contributed by atoms with E-state index in [4.69, 9.17) is 33.7 Å². The second-order valence-corrected chi connectivity index (χ2v) is 10.5. The van der Waals surface area contributed by atoms with Crippen molar-refractivity contribution in [2.75, 3.05) is 6.61 Å². The summed E-state index contributed by atoms with van der Waals surface area (Å²) in [6.07, 6.45) is 4.68. The molecule has 0 spiro atoms. The number of hydrogen-bond donors (Lipinski definition) is 0. The molecule has 0 radical (unpaired) electrons. The molecule has 0 atom stereocenters. The van der Waals surface area contributed by atoms with Crippen LogP contribution in [0.3, 0.4) is 0 Å². The fourth-order valence-electron chi connectivity index (χ4n) is 3.95. The quantitative estimate of drug-likeness (QED) is 0.171. The third-order valence-electron chi connectivity index (χ3n) is 5.77. The van der Waals surface area contributed by atoms with Gasteiger partial charge in [-0.2, -0.15) is 5.10 Å². The van der Waals surface area contributed by atoms with Crippen LogP contribution in [0, 0.1) is 0 Å². The lowest BCUT2D eigenvalue weighted by atomic mass is 10.1. The minimum Gasteiger partial charge on any atom is -0.492 e. The fraction of sp³-hybridized carbons (Fsp3) is 0.138. The van der Waals surface area contributed by atoms with Crippen molar-refractivity contribution >= 4 is 51.9 Å². The number of hydrogen-bond acceptors (Lipinski definition) is 5. The summed E-state index contributed by atoms with van der Waals surface area (Å²) >= 11 is 13.4. The lowest BCUT2D eigenvalue weighted by Gasteiger charge is -2.14. The highest BCUT2D eigenvalue weighted by Gasteiger charge is 2.32. The number of thiocarbonyl (C=S) groups is 1. The van der Waals surface area contributed by atoms with Crippen LogP contribution in [0.15, 0.2) is 90.0 Å². The van der Waals surface area contributed by atoms with Crippen LogP contribution in [0.1, 0.15) is 24.5 Å². The van der Waals surface area contributed by atoms with Gasteiger partial charge < -0.3 is 4.74 Å². The topological polar surface area (TPSA) is 47.4 Å². The van der Waals surface area contributed by atoms with Gasteiger partial charge >= 0.3 is 0 Å². The Morgan fingerprint density at radius 3 is 2.49 bits per heavy atom. The van der Waals surface area contributed by atoms with Crippen molar-refractivity contribution in [2.24, 2.45) is 0 Å². The van der Waals surface area contributed by atoms with Gasteiger partial charge in [-0.25, -0.2) is 4.68 Å². The van der Waals surface area contributed by atoms with E-state index in [1.807, 2.05) is 98.1 Å². The maximum absolute atomic E-state index is 13.3. The smallest absolute Gasteiger partial charge is 0.266 e. The Kier molecular flexibility index (Phi) is 7.74. The molecule has 1 aliphatic rings. The molecule has 5 nitrogen and oxygen atoms in total. The zero-order chi connectivity index (χ0) is 25.8. The lowest BCUT2D eigenvalue weighted by Crippen LogP contribution is -2.27. The number of thioether (sulfide) groups is 1. The van der Waals surface area contributed by atoms with Gasteiger partial charge in [0.05, 0.1) is 28.8 Å². The largest absolute Gasteiger partial charge is 0.492 e. The number of aromatic nitrogens is 2. The summed E-state index contributed by atoms with van der Waals surface area (Å²) < 4.78 is 8.08. The normalized spacial score (nSPS) is 14.5. The standard InChI is InChI=1S/C29H24ClN3O2S2/c1-2-15-35-25-14-13-21(16-24(25)30)27-22(19-33(31-27)23-11-7-4-8-12-23)17-26-28(34)32(29(36)37-26)18-20-9-5-3-6-10-20/h3-14,16-17,19H,2,15,18H2,1H3. The van der Waals surface area contributed by atoms with Gasteiger partial charge in [0.15, 0.2) is 0 Å².